The van der Waals surface area contributed by atoms with Gasteiger partial charge in [0.15, 0.2) is 0 Å². The SMILES string of the molecule is C=CCOc1ccc2c(=O)c(-c3ccccc3Cl)coc2c1. The molecule has 3 nitrogen and oxygen atoms in total. The zero-order chi connectivity index (χ0) is 15.5. The quantitative estimate of drug-likeness (QED) is 0.657. The zero-order valence-corrected chi connectivity index (χ0v) is 12.5. The van der Waals surface area contributed by atoms with E-state index in [1.807, 2.05) is 12.1 Å². The Morgan fingerprint density at radius 1 is 1.18 bits per heavy atom. The predicted octanol–water partition coefficient (Wildman–Crippen LogP) is 4.68. The highest BCUT2D eigenvalue weighted by Gasteiger charge is 2.12. The topological polar surface area (TPSA) is 39.4 Å². The molecule has 0 bridgehead atoms. The summed E-state index contributed by atoms with van der Waals surface area (Å²) in [5, 5.41) is 1.00. The molecule has 0 unspecified atom stereocenters. The first-order valence-corrected chi connectivity index (χ1v) is 7.12. The minimum atomic E-state index is -0.121. The van der Waals surface area contributed by atoms with Crippen molar-refractivity contribution in [3.05, 3.63) is 76.6 Å². The Bertz CT molecular complexity index is 896. The van der Waals surface area contributed by atoms with Gasteiger partial charge in [-0.1, -0.05) is 42.5 Å². The molecule has 0 atom stereocenters. The van der Waals surface area contributed by atoms with E-state index in [1.54, 1.807) is 36.4 Å². The first kappa shape index (κ1) is 14.4. The molecule has 0 saturated carbocycles. The summed E-state index contributed by atoms with van der Waals surface area (Å²) >= 11 is 6.15. The molecule has 0 fully saturated rings. The lowest BCUT2D eigenvalue weighted by molar-refractivity contribution is 0.363. The monoisotopic (exact) mass is 312 g/mol. The summed E-state index contributed by atoms with van der Waals surface area (Å²) in [5.41, 5.74) is 1.46. The number of rotatable bonds is 4. The molecule has 0 aliphatic carbocycles. The van der Waals surface area contributed by atoms with Crippen LogP contribution in [0.15, 0.2) is 70.6 Å². The average molecular weight is 313 g/mol. The van der Waals surface area contributed by atoms with Crippen LogP contribution < -0.4 is 10.2 Å². The maximum absolute atomic E-state index is 12.6. The number of ether oxygens (including phenoxy) is 1. The molecule has 1 aromatic heterocycles. The van der Waals surface area contributed by atoms with E-state index in [1.165, 1.54) is 6.26 Å². The van der Waals surface area contributed by atoms with Crippen molar-refractivity contribution in [2.24, 2.45) is 0 Å². The van der Waals surface area contributed by atoms with Crippen LogP contribution in [0, 0.1) is 0 Å². The highest BCUT2D eigenvalue weighted by molar-refractivity contribution is 6.33. The molecule has 0 N–H and O–H groups in total. The van der Waals surface area contributed by atoms with Crippen molar-refractivity contribution in [2.45, 2.75) is 0 Å². The van der Waals surface area contributed by atoms with Gasteiger partial charge in [0.05, 0.1) is 10.9 Å². The van der Waals surface area contributed by atoms with E-state index in [2.05, 4.69) is 6.58 Å². The molecule has 2 aromatic carbocycles. The number of hydrogen-bond donors (Lipinski definition) is 0. The van der Waals surface area contributed by atoms with Crippen LogP contribution >= 0.6 is 11.6 Å². The third-order valence-corrected chi connectivity index (χ3v) is 3.61. The smallest absolute Gasteiger partial charge is 0.200 e. The molecule has 0 aliphatic rings. The van der Waals surface area contributed by atoms with Crippen molar-refractivity contribution in [2.75, 3.05) is 6.61 Å². The molecule has 0 radical (unpaired) electrons. The van der Waals surface area contributed by atoms with Gasteiger partial charge in [-0.3, -0.25) is 4.79 Å². The van der Waals surface area contributed by atoms with E-state index in [9.17, 15) is 4.79 Å². The van der Waals surface area contributed by atoms with E-state index in [-0.39, 0.29) is 5.43 Å². The largest absolute Gasteiger partial charge is 0.489 e. The van der Waals surface area contributed by atoms with Gasteiger partial charge < -0.3 is 9.15 Å². The zero-order valence-electron chi connectivity index (χ0n) is 11.7. The third-order valence-electron chi connectivity index (χ3n) is 3.28. The summed E-state index contributed by atoms with van der Waals surface area (Å²) in [5.74, 6) is 0.626. The van der Waals surface area contributed by atoms with Crippen LogP contribution in [0.4, 0.5) is 0 Å². The van der Waals surface area contributed by atoms with E-state index < -0.39 is 0 Å². The van der Waals surface area contributed by atoms with Gasteiger partial charge in [0.1, 0.15) is 24.2 Å². The minimum absolute atomic E-state index is 0.121. The van der Waals surface area contributed by atoms with Crippen LogP contribution in [0.3, 0.4) is 0 Å². The van der Waals surface area contributed by atoms with Gasteiger partial charge in [0.25, 0.3) is 0 Å². The second kappa shape index (κ2) is 6.08. The Hall–Kier alpha value is -2.52. The lowest BCUT2D eigenvalue weighted by Gasteiger charge is -2.06. The molecule has 1 heterocycles. The van der Waals surface area contributed by atoms with Gasteiger partial charge >= 0.3 is 0 Å². The molecular formula is C18H13ClO3. The molecule has 110 valence electrons. The molecule has 0 aliphatic heterocycles. The first-order chi connectivity index (χ1) is 10.7. The van der Waals surface area contributed by atoms with Crippen LogP contribution in [-0.4, -0.2) is 6.61 Å². The second-order valence-electron chi connectivity index (χ2n) is 4.72. The van der Waals surface area contributed by atoms with E-state index in [0.29, 0.717) is 39.5 Å². The Morgan fingerprint density at radius 3 is 2.77 bits per heavy atom. The minimum Gasteiger partial charge on any atom is -0.489 e. The molecular weight excluding hydrogens is 300 g/mol. The van der Waals surface area contributed by atoms with Crippen LogP contribution in [0.5, 0.6) is 5.75 Å². The van der Waals surface area contributed by atoms with Crippen LogP contribution in [0.25, 0.3) is 22.1 Å². The molecule has 3 rings (SSSR count). The average Bonchev–Trinajstić information content (AvgIpc) is 2.54. The van der Waals surface area contributed by atoms with Gasteiger partial charge in [-0.05, 0) is 18.2 Å². The lowest BCUT2D eigenvalue weighted by Crippen LogP contribution is -2.05. The molecule has 0 saturated heterocycles. The Kier molecular flexibility index (Phi) is 3.98. The van der Waals surface area contributed by atoms with Crippen LogP contribution in [-0.2, 0) is 0 Å². The normalized spacial score (nSPS) is 10.6. The van der Waals surface area contributed by atoms with E-state index in [4.69, 9.17) is 20.8 Å². The van der Waals surface area contributed by atoms with Crippen molar-refractivity contribution in [3.63, 3.8) is 0 Å². The predicted molar refractivity (Wildman–Crippen MR) is 88.6 cm³/mol. The maximum atomic E-state index is 12.6. The van der Waals surface area contributed by atoms with Gasteiger partial charge in [0.2, 0.25) is 5.43 Å². The summed E-state index contributed by atoms with van der Waals surface area (Å²) in [6.45, 7) is 3.99. The summed E-state index contributed by atoms with van der Waals surface area (Å²) in [6, 6.07) is 12.3. The fourth-order valence-electron chi connectivity index (χ4n) is 2.22. The van der Waals surface area contributed by atoms with Crippen molar-refractivity contribution >= 4 is 22.6 Å². The lowest BCUT2D eigenvalue weighted by atomic mass is 10.1. The van der Waals surface area contributed by atoms with Crippen LogP contribution in [0.2, 0.25) is 5.02 Å². The first-order valence-electron chi connectivity index (χ1n) is 6.75. The third kappa shape index (κ3) is 2.63. The number of hydrogen-bond acceptors (Lipinski definition) is 3. The van der Waals surface area contributed by atoms with Gasteiger partial charge in [-0.2, -0.15) is 0 Å². The summed E-state index contributed by atoms with van der Waals surface area (Å²) < 4.78 is 11.0. The fraction of sp³-hybridized carbons (Fsp3) is 0.0556. The second-order valence-corrected chi connectivity index (χ2v) is 5.12. The summed E-state index contributed by atoms with van der Waals surface area (Å²) in [4.78, 5) is 12.6. The van der Waals surface area contributed by atoms with Gasteiger partial charge in [-0.25, -0.2) is 0 Å². The van der Waals surface area contributed by atoms with Gasteiger partial charge in [0, 0.05) is 16.7 Å². The Morgan fingerprint density at radius 2 is 2.00 bits per heavy atom. The Balaban J connectivity index is 2.13. The summed E-state index contributed by atoms with van der Waals surface area (Å²) in [7, 11) is 0. The molecule has 0 spiro atoms. The van der Waals surface area contributed by atoms with E-state index >= 15 is 0 Å². The van der Waals surface area contributed by atoms with Crippen LogP contribution in [0.1, 0.15) is 0 Å². The standard InChI is InChI=1S/C18H13ClO3/c1-2-9-21-12-7-8-14-17(10-12)22-11-15(18(14)20)13-5-3-4-6-16(13)19/h2-8,10-11H,1,9H2. The van der Waals surface area contributed by atoms with Crippen molar-refractivity contribution in [1.29, 1.82) is 0 Å². The van der Waals surface area contributed by atoms with Crippen molar-refractivity contribution < 1.29 is 9.15 Å². The fourth-order valence-corrected chi connectivity index (χ4v) is 2.46. The van der Waals surface area contributed by atoms with Gasteiger partial charge in [-0.15, -0.1) is 0 Å². The molecule has 3 aromatic rings. The Labute approximate surface area is 132 Å². The van der Waals surface area contributed by atoms with Crippen molar-refractivity contribution in [3.8, 4) is 16.9 Å². The number of benzene rings is 2. The van der Waals surface area contributed by atoms with Crippen molar-refractivity contribution in [1.82, 2.24) is 0 Å². The number of fused-ring (bicyclic) bond motifs is 1. The number of halogens is 1. The molecule has 0 amide bonds. The van der Waals surface area contributed by atoms with E-state index in [0.717, 1.165) is 0 Å². The highest BCUT2D eigenvalue weighted by Crippen LogP contribution is 2.27. The molecule has 22 heavy (non-hydrogen) atoms. The maximum Gasteiger partial charge on any atom is 0.200 e. The summed E-state index contributed by atoms with van der Waals surface area (Å²) in [6.07, 6.45) is 3.09. The molecule has 4 heteroatoms. The highest BCUT2D eigenvalue weighted by atomic mass is 35.5.